The fourth-order valence-electron chi connectivity index (χ4n) is 5.70. The van der Waals surface area contributed by atoms with Gasteiger partial charge < -0.3 is 29.2 Å². The zero-order valence-electron chi connectivity index (χ0n) is 17.6. The maximum Gasteiger partial charge on any atom is 0.343 e. The highest BCUT2D eigenvalue weighted by Gasteiger charge is 2.54. The monoisotopic (exact) mass is 405 g/mol. The van der Waals surface area contributed by atoms with Gasteiger partial charge in [0.1, 0.15) is 17.9 Å². The first kappa shape index (κ1) is 20.4. The molecular weight excluding hydrogens is 374 g/mol. The van der Waals surface area contributed by atoms with E-state index in [0.29, 0.717) is 42.2 Å². The third kappa shape index (κ3) is 3.02. The highest BCUT2D eigenvalue weighted by Crippen LogP contribution is 2.51. The van der Waals surface area contributed by atoms with Crippen LogP contribution in [0.5, 0.6) is 0 Å². The Hall–Kier alpha value is -1.83. The molecule has 7 heteroatoms. The van der Waals surface area contributed by atoms with Crippen molar-refractivity contribution < 1.29 is 28.8 Å². The summed E-state index contributed by atoms with van der Waals surface area (Å²) in [6, 6.07) is -0.471. The van der Waals surface area contributed by atoms with Crippen LogP contribution in [0.15, 0.2) is 34.7 Å². The van der Waals surface area contributed by atoms with Gasteiger partial charge in [-0.2, -0.15) is 0 Å². The van der Waals surface area contributed by atoms with Crippen LogP contribution in [0.1, 0.15) is 52.9 Å². The van der Waals surface area contributed by atoms with Gasteiger partial charge in [-0.25, -0.2) is 4.79 Å². The number of esters is 1. The maximum atomic E-state index is 14.1. The van der Waals surface area contributed by atoms with Gasteiger partial charge in [0.05, 0.1) is 31.2 Å². The molecule has 0 saturated carbocycles. The second-order valence-electron chi connectivity index (χ2n) is 8.67. The molecule has 4 aliphatic rings. The van der Waals surface area contributed by atoms with Gasteiger partial charge in [0.25, 0.3) is 0 Å². The van der Waals surface area contributed by atoms with Crippen LogP contribution in [0.2, 0.25) is 0 Å². The molecule has 2 saturated heterocycles. The van der Waals surface area contributed by atoms with Gasteiger partial charge in [-0.3, -0.25) is 0 Å². The fourth-order valence-corrected chi connectivity index (χ4v) is 5.70. The van der Waals surface area contributed by atoms with E-state index in [2.05, 4.69) is 0 Å². The van der Waals surface area contributed by atoms with E-state index >= 15 is 0 Å². The van der Waals surface area contributed by atoms with Crippen molar-refractivity contribution in [2.24, 2.45) is 11.8 Å². The lowest BCUT2D eigenvalue weighted by Gasteiger charge is -2.58. The van der Waals surface area contributed by atoms with Crippen molar-refractivity contribution in [3.8, 4) is 0 Å². The molecule has 0 radical (unpaired) electrons. The van der Waals surface area contributed by atoms with E-state index < -0.39 is 12.1 Å². The third-order valence-corrected chi connectivity index (χ3v) is 7.21. The molecule has 0 bridgehead atoms. The second kappa shape index (κ2) is 7.45. The SMILES string of the molecule is CC[C@H](O)[C@H]1CCC[C@H]2[C@@H]3C(=CCC[N@@+]12[O-])O/C(=C1\OC(=O)C(C)=C1OC)[C@H]3C. The van der Waals surface area contributed by atoms with Gasteiger partial charge >= 0.3 is 5.97 Å². The number of fused-ring (bicyclic) bond motifs is 3. The summed E-state index contributed by atoms with van der Waals surface area (Å²) in [5.41, 5.74) is 0.421. The van der Waals surface area contributed by atoms with Gasteiger partial charge in [-0.1, -0.05) is 13.8 Å². The van der Waals surface area contributed by atoms with Crippen molar-refractivity contribution in [1.29, 1.82) is 0 Å². The first-order chi connectivity index (χ1) is 13.8. The molecule has 0 spiro atoms. The van der Waals surface area contributed by atoms with Crippen LogP contribution in [0.4, 0.5) is 0 Å². The Morgan fingerprint density at radius 2 is 2.14 bits per heavy atom. The van der Waals surface area contributed by atoms with Crippen molar-refractivity contribution in [3.63, 3.8) is 0 Å². The lowest BCUT2D eigenvalue weighted by Crippen LogP contribution is -2.65. The lowest BCUT2D eigenvalue weighted by molar-refractivity contribution is -0.940. The molecule has 0 aromatic carbocycles. The molecule has 6 atom stereocenters. The number of nitrogens with zero attached hydrogens (tertiary/aromatic N) is 1. The zero-order valence-corrected chi connectivity index (χ0v) is 17.6. The zero-order chi connectivity index (χ0) is 20.9. The molecule has 0 unspecified atom stereocenters. The Labute approximate surface area is 171 Å². The number of hydrogen-bond acceptors (Lipinski definition) is 6. The Morgan fingerprint density at radius 3 is 2.83 bits per heavy atom. The minimum Gasteiger partial charge on any atom is -0.632 e. The normalized spacial score (nSPS) is 40.5. The van der Waals surface area contributed by atoms with Crippen LogP contribution in [0.3, 0.4) is 0 Å². The summed E-state index contributed by atoms with van der Waals surface area (Å²) in [6.45, 7) is 6.09. The van der Waals surface area contributed by atoms with Gasteiger partial charge in [0.2, 0.25) is 5.76 Å². The summed E-state index contributed by atoms with van der Waals surface area (Å²) >= 11 is 0. The minimum absolute atomic E-state index is 0.0953. The number of methoxy groups -OCH3 is 1. The average Bonchev–Trinajstić information content (AvgIpc) is 3.11. The standard InChI is InChI=1S/C22H31NO6/c1-5-16(24)14-8-6-9-15-18-12(2)20(21-19(27-4)13(3)22(25)29-21)28-17(18)10-7-11-23(14,15)26/h10,12,14-16,18,24H,5-9,11H2,1-4H3/b21-20-/t12-,14+,15-,16-,18+,23+/m0/s1. The Kier molecular flexibility index (Phi) is 5.25. The highest BCUT2D eigenvalue weighted by atomic mass is 16.6. The molecular formula is C22H31NO6. The average molecular weight is 405 g/mol. The number of ether oxygens (including phenoxy) is 3. The van der Waals surface area contributed by atoms with Gasteiger partial charge in [0.15, 0.2) is 11.5 Å². The number of aliphatic hydroxyl groups excluding tert-OH is 1. The van der Waals surface area contributed by atoms with Crippen LogP contribution in [0, 0.1) is 17.0 Å². The number of allylic oxidation sites excluding steroid dienone is 1. The van der Waals surface area contributed by atoms with Gasteiger partial charge in [-0.15, -0.1) is 0 Å². The number of carbonyl (C=O) groups excluding carboxylic acids is 1. The number of cyclic esters (lactones) is 1. The van der Waals surface area contributed by atoms with E-state index in [0.717, 1.165) is 25.0 Å². The Morgan fingerprint density at radius 1 is 1.38 bits per heavy atom. The summed E-state index contributed by atoms with van der Waals surface area (Å²) in [6.07, 6.45) is 5.11. The molecule has 1 N–H and O–H groups in total. The quantitative estimate of drug-likeness (QED) is 0.441. The molecule has 160 valence electrons. The Balaban J connectivity index is 1.74. The number of aliphatic hydroxyl groups is 1. The van der Waals surface area contributed by atoms with Gasteiger partial charge in [0, 0.05) is 25.2 Å². The Bertz CT molecular complexity index is 799. The molecule has 0 aromatic rings. The summed E-state index contributed by atoms with van der Waals surface area (Å²) in [5.74, 6) is 1.45. The number of piperidine rings is 1. The van der Waals surface area contributed by atoms with E-state index in [-0.39, 0.29) is 28.6 Å². The molecule has 0 aliphatic carbocycles. The first-order valence-electron chi connectivity index (χ1n) is 10.7. The van der Waals surface area contributed by atoms with Crippen LogP contribution in [-0.2, 0) is 19.0 Å². The number of carbonyl (C=O) groups is 1. The first-order valence-corrected chi connectivity index (χ1v) is 10.7. The second-order valence-corrected chi connectivity index (χ2v) is 8.67. The van der Waals surface area contributed by atoms with Gasteiger partial charge in [-0.05, 0) is 25.8 Å². The van der Waals surface area contributed by atoms with Crippen molar-refractivity contribution in [3.05, 3.63) is 39.9 Å². The predicted molar refractivity (Wildman–Crippen MR) is 105 cm³/mol. The van der Waals surface area contributed by atoms with E-state index in [9.17, 15) is 15.1 Å². The van der Waals surface area contributed by atoms with E-state index in [1.807, 2.05) is 19.9 Å². The minimum atomic E-state index is -0.589. The molecule has 0 aromatic heterocycles. The lowest BCUT2D eigenvalue weighted by atomic mass is 9.79. The van der Waals surface area contributed by atoms with Crippen LogP contribution in [-0.4, -0.2) is 47.6 Å². The molecule has 29 heavy (non-hydrogen) atoms. The van der Waals surface area contributed by atoms with E-state index in [1.165, 1.54) is 7.11 Å². The smallest absolute Gasteiger partial charge is 0.343 e. The fraction of sp³-hybridized carbons (Fsp3) is 0.682. The number of rotatable bonds is 3. The summed E-state index contributed by atoms with van der Waals surface area (Å²) < 4.78 is 16.8. The van der Waals surface area contributed by atoms with Crippen LogP contribution in [0.25, 0.3) is 0 Å². The predicted octanol–water partition coefficient (Wildman–Crippen LogP) is 3.25. The molecule has 0 amide bonds. The molecule has 4 rings (SSSR count). The van der Waals surface area contributed by atoms with E-state index in [1.54, 1.807) is 6.92 Å². The van der Waals surface area contributed by atoms with Crippen molar-refractivity contribution in [2.75, 3.05) is 13.7 Å². The summed E-state index contributed by atoms with van der Waals surface area (Å²) in [5, 5.41) is 24.7. The van der Waals surface area contributed by atoms with Crippen LogP contribution >= 0.6 is 0 Å². The topological polar surface area (TPSA) is 88.0 Å². The molecule has 2 fully saturated rings. The van der Waals surface area contributed by atoms with E-state index in [4.69, 9.17) is 14.2 Å². The number of hydroxylamine groups is 3. The molecule has 4 aliphatic heterocycles. The maximum absolute atomic E-state index is 14.1. The van der Waals surface area contributed by atoms with Crippen molar-refractivity contribution in [2.45, 2.75) is 71.1 Å². The van der Waals surface area contributed by atoms with Crippen LogP contribution < -0.4 is 0 Å². The summed E-state index contributed by atoms with van der Waals surface area (Å²) in [7, 11) is 1.51. The van der Waals surface area contributed by atoms with Crippen molar-refractivity contribution >= 4 is 5.97 Å². The third-order valence-electron chi connectivity index (χ3n) is 7.21. The molecule has 4 heterocycles. The summed E-state index contributed by atoms with van der Waals surface area (Å²) in [4.78, 5) is 12.1. The number of hydrogen-bond donors (Lipinski definition) is 1. The highest BCUT2D eigenvalue weighted by molar-refractivity contribution is 5.93. The number of quaternary nitrogens is 1. The molecule has 7 nitrogen and oxygen atoms in total. The van der Waals surface area contributed by atoms with Crippen molar-refractivity contribution in [1.82, 2.24) is 0 Å². The largest absolute Gasteiger partial charge is 0.632 e.